The summed E-state index contributed by atoms with van der Waals surface area (Å²) in [7, 11) is 1.23. The number of esters is 1. The fraction of sp³-hybridized carbons (Fsp3) is 0.174. The summed E-state index contributed by atoms with van der Waals surface area (Å²) in [6.07, 6.45) is 0. The van der Waals surface area contributed by atoms with E-state index in [0.29, 0.717) is 15.9 Å². The van der Waals surface area contributed by atoms with E-state index in [0.717, 1.165) is 16.0 Å². The second-order valence-corrected chi connectivity index (χ2v) is 8.95. The summed E-state index contributed by atoms with van der Waals surface area (Å²) in [5.74, 6) is -1.54. The fourth-order valence-corrected chi connectivity index (χ4v) is 4.09. The number of amides is 2. The zero-order chi connectivity index (χ0) is 23.8. The number of carbonyl (C=O) groups excluding carboxylic acids is 3. The van der Waals surface area contributed by atoms with Crippen molar-refractivity contribution in [2.45, 2.75) is 6.54 Å². The highest BCUT2D eigenvalue weighted by atomic mass is 35.5. The predicted molar refractivity (Wildman–Crippen MR) is 129 cm³/mol. The molecular weight excluding hydrogens is 487 g/mol. The van der Waals surface area contributed by atoms with Crippen LogP contribution in [0.3, 0.4) is 0 Å². The quantitative estimate of drug-likeness (QED) is 0.407. The van der Waals surface area contributed by atoms with Crippen LogP contribution in [0.4, 0.5) is 5.69 Å². The molecule has 2 N–H and O–H groups in total. The molecule has 3 aromatic rings. The van der Waals surface area contributed by atoms with Crippen LogP contribution in [0.5, 0.6) is 0 Å². The zero-order valence-corrected chi connectivity index (χ0v) is 19.9. The first-order valence-electron chi connectivity index (χ1n) is 9.72. The molecule has 3 rings (SSSR count). The third-order valence-corrected chi connectivity index (χ3v) is 5.92. The van der Waals surface area contributed by atoms with Crippen LogP contribution in [0.2, 0.25) is 9.36 Å². The van der Waals surface area contributed by atoms with Crippen LogP contribution in [0.1, 0.15) is 15.9 Å². The zero-order valence-electron chi connectivity index (χ0n) is 17.5. The molecular formula is C23H20Cl2N2O5S. The topological polar surface area (TPSA) is 93.7 Å². The van der Waals surface area contributed by atoms with Gasteiger partial charge in [0.2, 0.25) is 11.8 Å². The van der Waals surface area contributed by atoms with Gasteiger partial charge in [0.25, 0.3) is 0 Å². The third kappa shape index (κ3) is 7.30. The number of anilines is 1. The van der Waals surface area contributed by atoms with Gasteiger partial charge in [-0.1, -0.05) is 41.4 Å². The number of benzene rings is 2. The summed E-state index contributed by atoms with van der Waals surface area (Å²) in [4.78, 5) is 37.1. The first-order chi connectivity index (χ1) is 15.9. The van der Waals surface area contributed by atoms with Gasteiger partial charge in [-0.2, -0.15) is 0 Å². The second-order valence-electron chi connectivity index (χ2n) is 6.80. The highest BCUT2D eigenvalue weighted by Crippen LogP contribution is 2.31. The maximum absolute atomic E-state index is 12.1. The number of hydrogen-bond acceptors (Lipinski definition) is 6. The second kappa shape index (κ2) is 11.8. The molecule has 0 aliphatic rings. The number of rotatable bonds is 9. The van der Waals surface area contributed by atoms with E-state index in [1.165, 1.54) is 36.6 Å². The molecule has 33 heavy (non-hydrogen) atoms. The molecule has 0 saturated carbocycles. The van der Waals surface area contributed by atoms with Crippen LogP contribution in [0.15, 0.2) is 54.6 Å². The molecule has 0 fully saturated rings. The van der Waals surface area contributed by atoms with E-state index in [1.54, 1.807) is 0 Å². The number of nitrogens with one attached hydrogen (secondary N) is 2. The molecule has 2 aromatic carbocycles. The van der Waals surface area contributed by atoms with Crippen LogP contribution in [0, 0.1) is 0 Å². The Labute approximate surface area is 204 Å². The van der Waals surface area contributed by atoms with Gasteiger partial charge in [0.05, 0.1) is 22.7 Å². The number of hydrogen-bond donors (Lipinski definition) is 2. The van der Waals surface area contributed by atoms with Crippen LogP contribution >= 0.6 is 34.5 Å². The highest BCUT2D eigenvalue weighted by molar-refractivity contribution is 7.19. The SMILES string of the molecule is COC(=O)c1cc(Cl)ccc1NC(=O)COCC(=O)NCc1cccc(-c2ccc(Cl)s2)c1. The average Bonchev–Trinajstić information content (AvgIpc) is 3.25. The van der Waals surface area contributed by atoms with Gasteiger partial charge in [-0.05, 0) is 47.5 Å². The Bertz CT molecular complexity index is 1170. The van der Waals surface area contributed by atoms with Gasteiger partial charge in [0.15, 0.2) is 0 Å². The average molecular weight is 507 g/mol. The van der Waals surface area contributed by atoms with E-state index >= 15 is 0 Å². The van der Waals surface area contributed by atoms with E-state index in [4.69, 9.17) is 27.9 Å². The number of thiophene rings is 1. The lowest BCUT2D eigenvalue weighted by atomic mass is 10.1. The van der Waals surface area contributed by atoms with Crippen molar-refractivity contribution >= 4 is 58.0 Å². The van der Waals surface area contributed by atoms with Crippen LogP contribution < -0.4 is 10.6 Å². The van der Waals surface area contributed by atoms with Crippen molar-refractivity contribution in [1.29, 1.82) is 0 Å². The van der Waals surface area contributed by atoms with E-state index < -0.39 is 11.9 Å². The summed E-state index contributed by atoms with van der Waals surface area (Å²) in [6.45, 7) is -0.349. The molecule has 0 bridgehead atoms. The van der Waals surface area contributed by atoms with Crippen molar-refractivity contribution in [3.05, 3.63) is 75.1 Å². The lowest BCUT2D eigenvalue weighted by Crippen LogP contribution is -2.29. The maximum Gasteiger partial charge on any atom is 0.340 e. The molecule has 0 atom stereocenters. The van der Waals surface area contributed by atoms with E-state index in [9.17, 15) is 14.4 Å². The molecule has 0 spiro atoms. The minimum atomic E-state index is -0.639. The molecule has 0 radical (unpaired) electrons. The van der Waals surface area contributed by atoms with Crippen LogP contribution in [0.25, 0.3) is 10.4 Å². The van der Waals surface area contributed by atoms with E-state index in [-0.39, 0.29) is 30.4 Å². The van der Waals surface area contributed by atoms with Gasteiger partial charge in [-0.15, -0.1) is 11.3 Å². The highest BCUT2D eigenvalue weighted by Gasteiger charge is 2.15. The number of ether oxygens (including phenoxy) is 2. The minimum absolute atomic E-state index is 0.114. The molecule has 172 valence electrons. The van der Waals surface area contributed by atoms with Crippen molar-refractivity contribution in [2.75, 3.05) is 25.6 Å². The molecule has 10 heteroatoms. The summed E-state index contributed by atoms with van der Waals surface area (Å²) < 4.78 is 10.6. The molecule has 0 unspecified atom stereocenters. The van der Waals surface area contributed by atoms with E-state index in [1.807, 2.05) is 36.4 Å². The summed E-state index contributed by atoms with van der Waals surface area (Å²) in [5, 5.41) is 5.62. The Kier molecular flexibility index (Phi) is 8.85. The van der Waals surface area contributed by atoms with Gasteiger partial charge in [-0.25, -0.2) is 4.79 Å². The van der Waals surface area contributed by atoms with Gasteiger partial charge < -0.3 is 20.1 Å². The Morgan fingerprint density at radius 1 is 0.970 bits per heavy atom. The molecule has 2 amide bonds. The number of halogens is 2. The van der Waals surface area contributed by atoms with Crippen LogP contribution in [-0.2, 0) is 25.6 Å². The monoisotopic (exact) mass is 506 g/mol. The third-order valence-electron chi connectivity index (χ3n) is 4.40. The lowest BCUT2D eigenvalue weighted by molar-refractivity contribution is -0.128. The Balaban J connectivity index is 1.45. The largest absolute Gasteiger partial charge is 0.465 e. The van der Waals surface area contributed by atoms with Gasteiger partial charge in [0.1, 0.15) is 13.2 Å². The Morgan fingerprint density at radius 2 is 1.76 bits per heavy atom. The maximum atomic E-state index is 12.1. The first-order valence-corrected chi connectivity index (χ1v) is 11.3. The summed E-state index contributed by atoms with van der Waals surface area (Å²) >= 11 is 13.4. The van der Waals surface area contributed by atoms with Gasteiger partial charge in [-0.3, -0.25) is 9.59 Å². The smallest absolute Gasteiger partial charge is 0.340 e. The Morgan fingerprint density at radius 3 is 2.48 bits per heavy atom. The molecule has 7 nitrogen and oxygen atoms in total. The number of carbonyl (C=O) groups is 3. The molecule has 0 saturated heterocycles. The van der Waals surface area contributed by atoms with Crippen molar-refractivity contribution in [1.82, 2.24) is 5.32 Å². The molecule has 0 aliphatic heterocycles. The van der Waals surface area contributed by atoms with Crippen molar-refractivity contribution in [3.8, 4) is 10.4 Å². The summed E-state index contributed by atoms with van der Waals surface area (Å²) in [6, 6.07) is 15.9. The van der Waals surface area contributed by atoms with Gasteiger partial charge >= 0.3 is 5.97 Å². The van der Waals surface area contributed by atoms with Crippen molar-refractivity contribution in [3.63, 3.8) is 0 Å². The molecule has 1 heterocycles. The molecule has 1 aromatic heterocycles. The number of methoxy groups -OCH3 is 1. The lowest BCUT2D eigenvalue weighted by Gasteiger charge is -2.11. The fourth-order valence-electron chi connectivity index (χ4n) is 2.88. The standard InChI is InChI=1S/C23H20Cl2N2O5S/c1-31-23(30)17-10-16(24)5-6-18(17)27-22(29)13-32-12-21(28)26-11-14-3-2-4-15(9-14)19-7-8-20(25)33-19/h2-10H,11-13H2,1H3,(H,26,28)(H,27,29). The van der Waals surface area contributed by atoms with Crippen molar-refractivity contribution in [2.24, 2.45) is 0 Å². The summed E-state index contributed by atoms with van der Waals surface area (Å²) in [5.41, 5.74) is 2.28. The normalized spacial score (nSPS) is 10.5. The van der Waals surface area contributed by atoms with E-state index in [2.05, 4.69) is 15.4 Å². The van der Waals surface area contributed by atoms with Crippen molar-refractivity contribution < 1.29 is 23.9 Å². The minimum Gasteiger partial charge on any atom is -0.465 e. The molecule has 0 aliphatic carbocycles. The Hall–Kier alpha value is -2.91. The van der Waals surface area contributed by atoms with Crippen LogP contribution in [-0.4, -0.2) is 38.1 Å². The van der Waals surface area contributed by atoms with Gasteiger partial charge in [0, 0.05) is 16.4 Å². The predicted octanol–water partition coefficient (Wildman–Crippen LogP) is 4.78. The first kappa shape index (κ1) is 24.7.